The average Bonchev–Trinajstić information content (AvgIpc) is 2.30. The van der Waals surface area contributed by atoms with Gasteiger partial charge >= 0.3 is 0 Å². The SMILES string of the molecule is CCCC(C)NC(=O)C1(CN)CCC(C)CC1. The fourth-order valence-electron chi connectivity index (χ4n) is 2.72. The fraction of sp³-hybridized carbons (Fsp3) is 0.929. The zero-order valence-electron chi connectivity index (χ0n) is 11.6. The molecule has 0 saturated heterocycles. The van der Waals surface area contributed by atoms with Crippen LogP contribution in [-0.4, -0.2) is 18.5 Å². The molecule has 17 heavy (non-hydrogen) atoms. The summed E-state index contributed by atoms with van der Waals surface area (Å²) in [6.07, 6.45) is 6.32. The first-order valence-electron chi connectivity index (χ1n) is 7.05. The van der Waals surface area contributed by atoms with E-state index in [4.69, 9.17) is 5.73 Å². The van der Waals surface area contributed by atoms with Gasteiger partial charge in [-0.3, -0.25) is 4.79 Å². The number of carbonyl (C=O) groups is 1. The van der Waals surface area contributed by atoms with Crippen LogP contribution in [0, 0.1) is 11.3 Å². The van der Waals surface area contributed by atoms with Crippen LogP contribution in [0.3, 0.4) is 0 Å². The van der Waals surface area contributed by atoms with Crippen LogP contribution in [0.25, 0.3) is 0 Å². The summed E-state index contributed by atoms with van der Waals surface area (Å²) in [5.41, 5.74) is 5.59. The van der Waals surface area contributed by atoms with E-state index in [9.17, 15) is 4.79 Å². The molecule has 0 spiro atoms. The molecule has 0 aromatic heterocycles. The van der Waals surface area contributed by atoms with Gasteiger partial charge in [0.1, 0.15) is 0 Å². The van der Waals surface area contributed by atoms with E-state index in [-0.39, 0.29) is 17.4 Å². The summed E-state index contributed by atoms with van der Waals surface area (Å²) >= 11 is 0. The minimum Gasteiger partial charge on any atom is -0.353 e. The number of hydrogen-bond donors (Lipinski definition) is 2. The average molecular weight is 240 g/mol. The first kappa shape index (κ1) is 14.5. The molecular formula is C14H28N2O. The number of hydrogen-bond acceptors (Lipinski definition) is 2. The lowest BCUT2D eigenvalue weighted by molar-refractivity contribution is -0.133. The molecule has 0 radical (unpaired) electrons. The topological polar surface area (TPSA) is 55.1 Å². The van der Waals surface area contributed by atoms with Crippen molar-refractivity contribution in [1.29, 1.82) is 0 Å². The van der Waals surface area contributed by atoms with Crippen molar-refractivity contribution in [3.63, 3.8) is 0 Å². The van der Waals surface area contributed by atoms with Crippen LogP contribution in [0.1, 0.15) is 59.3 Å². The van der Waals surface area contributed by atoms with Crippen molar-refractivity contribution in [3.05, 3.63) is 0 Å². The molecular weight excluding hydrogens is 212 g/mol. The summed E-state index contributed by atoms with van der Waals surface area (Å²) in [4.78, 5) is 12.4. The summed E-state index contributed by atoms with van der Waals surface area (Å²) in [5.74, 6) is 0.934. The Labute approximate surface area is 106 Å². The molecule has 3 heteroatoms. The minimum atomic E-state index is -0.283. The maximum atomic E-state index is 12.4. The van der Waals surface area contributed by atoms with Crippen LogP contribution >= 0.6 is 0 Å². The van der Waals surface area contributed by atoms with Gasteiger partial charge in [0.2, 0.25) is 5.91 Å². The second kappa shape index (κ2) is 6.39. The number of nitrogens with one attached hydrogen (secondary N) is 1. The van der Waals surface area contributed by atoms with Crippen molar-refractivity contribution in [2.45, 2.75) is 65.3 Å². The molecule has 0 heterocycles. The molecule has 0 aromatic rings. The van der Waals surface area contributed by atoms with Crippen molar-refractivity contribution in [2.24, 2.45) is 17.1 Å². The molecule has 0 aromatic carbocycles. The van der Waals surface area contributed by atoms with Crippen molar-refractivity contribution in [3.8, 4) is 0 Å². The smallest absolute Gasteiger partial charge is 0.227 e. The molecule has 0 bridgehead atoms. The normalized spacial score (nSPS) is 30.9. The molecule has 0 aliphatic heterocycles. The number of amides is 1. The lowest BCUT2D eigenvalue weighted by Gasteiger charge is -2.37. The van der Waals surface area contributed by atoms with Crippen LogP contribution in [0.5, 0.6) is 0 Å². The Morgan fingerprint density at radius 3 is 2.53 bits per heavy atom. The van der Waals surface area contributed by atoms with Crippen molar-refractivity contribution < 1.29 is 4.79 Å². The highest BCUT2D eigenvalue weighted by Gasteiger charge is 2.39. The Balaban J connectivity index is 2.57. The monoisotopic (exact) mass is 240 g/mol. The van der Waals surface area contributed by atoms with E-state index in [1.54, 1.807) is 0 Å². The Hall–Kier alpha value is -0.570. The standard InChI is InChI=1S/C14H28N2O/c1-4-5-12(3)16-13(17)14(10-15)8-6-11(2)7-9-14/h11-12H,4-10,15H2,1-3H3,(H,16,17). The summed E-state index contributed by atoms with van der Waals surface area (Å²) in [5, 5.41) is 3.14. The maximum absolute atomic E-state index is 12.4. The van der Waals surface area contributed by atoms with Gasteiger partial charge in [-0.05, 0) is 44.9 Å². The molecule has 1 aliphatic rings. The highest BCUT2D eigenvalue weighted by molar-refractivity contribution is 5.83. The molecule has 1 fully saturated rings. The zero-order chi connectivity index (χ0) is 12.9. The predicted molar refractivity (Wildman–Crippen MR) is 71.6 cm³/mol. The lowest BCUT2D eigenvalue weighted by Crippen LogP contribution is -2.50. The predicted octanol–water partition coefficient (Wildman–Crippen LogP) is 2.45. The minimum absolute atomic E-state index is 0.188. The highest BCUT2D eigenvalue weighted by Crippen LogP contribution is 2.38. The van der Waals surface area contributed by atoms with E-state index in [2.05, 4.69) is 26.1 Å². The van der Waals surface area contributed by atoms with E-state index >= 15 is 0 Å². The fourth-order valence-corrected chi connectivity index (χ4v) is 2.72. The quantitative estimate of drug-likeness (QED) is 0.775. The van der Waals surface area contributed by atoms with Crippen molar-refractivity contribution >= 4 is 5.91 Å². The van der Waals surface area contributed by atoms with Gasteiger partial charge in [-0.2, -0.15) is 0 Å². The van der Waals surface area contributed by atoms with E-state index in [0.29, 0.717) is 6.54 Å². The highest BCUT2D eigenvalue weighted by atomic mass is 16.2. The molecule has 1 rings (SSSR count). The van der Waals surface area contributed by atoms with Gasteiger partial charge in [-0.1, -0.05) is 20.3 Å². The van der Waals surface area contributed by atoms with Crippen LogP contribution in [0.2, 0.25) is 0 Å². The van der Waals surface area contributed by atoms with Gasteiger partial charge in [0, 0.05) is 12.6 Å². The summed E-state index contributed by atoms with van der Waals surface area (Å²) in [6.45, 7) is 6.98. The van der Waals surface area contributed by atoms with Gasteiger partial charge in [0.25, 0.3) is 0 Å². The summed E-state index contributed by atoms with van der Waals surface area (Å²) in [7, 11) is 0. The molecule has 100 valence electrons. The Morgan fingerprint density at radius 2 is 2.06 bits per heavy atom. The van der Waals surface area contributed by atoms with Crippen LogP contribution < -0.4 is 11.1 Å². The maximum Gasteiger partial charge on any atom is 0.227 e. The van der Waals surface area contributed by atoms with E-state index < -0.39 is 0 Å². The van der Waals surface area contributed by atoms with Crippen molar-refractivity contribution in [2.75, 3.05) is 6.54 Å². The first-order chi connectivity index (χ1) is 8.04. The van der Waals surface area contributed by atoms with Gasteiger partial charge in [0.05, 0.1) is 5.41 Å². The lowest BCUT2D eigenvalue weighted by atomic mass is 9.70. The van der Waals surface area contributed by atoms with Gasteiger partial charge in [-0.25, -0.2) is 0 Å². The Kier molecular flexibility index (Phi) is 5.44. The van der Waals surface area contributed by atoms with Crippen LogP contribution in [0.15, 0.2) is 0 Å². The van der Waals surface area contributed by atoms with Crippen molar-refractivity contribution in [1.82, 2.24) is 5.32 Å². The summed E-state index contributed by atoms with van der Waals surface area (Å²) in [6, 6.07) is 0.273. The van der Waals surface area contributed by atoms with Gasteiger partial charge in [-0.15, -0.1) is 0 Å². The molecule has 1 atom stereocenters. The second-order valence-electron chi connectivity index (χ2n) is 5.83. The molecule has 1 unspecified atom stereocenters. The molecule has 3 nitrogen and oxygen atoms in total. The number of carbonyl (C=O) groups excluding carboxylic acids is 1. The number of nitrogens with two attached hydrogens (primary N) is 1. The van der Waals surface area contributed by atoms with Gasteiger partial charge in [0.15, 0.2) is 0 Å². The molecule has 3 N–H and O–H groups in total. The van der Waals surface area contributed by atoms with E-state index in [1.807, 2.05) is 0 Å². The summed E-state index contributed by atoms with van der Waals surface area (Å²) < 4.78 is 0. The molecule has 1 amide bonds. The largest absolute Gasteiger partial charge is 0.353 e. The third-order valence-electron chi connectivity index (χ3n) is 4.20. The molecule has 1 aliphatic carbocycles. The van der Waals surface area contributed by atoms with Crippen LogP contribution in [0.4, 0.5) is 0 Å². The third kappa shape index (κ3) is 3.70. The molecule has 1 saturated carbocycles. The Morgan fingerprint density at radius 1 is 1.47 bits per heavy atom. The Bertz CT molecular complexity index is 245. The third-order valence-corrected chi connectivity index (χ3v) is 4.20. The second-order valence-corrected chi connectivity index (χ2v) is 5.83. The van der Waals surface area contributed by atoms with E-state index in [0.717, 1.165) is 44.4 Å². The zero-order valence-corrected chi connectivity index (χ0v) is 11.6. The first-order valence-corrected chi connectivity index (χ1v) is 7.05. The van der Waals surface area contributed by atoms with E-state index in [1.165, 1.54) is 0 Å². The van der Waals surface area contributed by atoms with Gasteiger partial charge < -0.3 is 11.1 Å². The van der Waals surface area contributed by atoms with Crippen LogP contribution in [-0.2, 0) is 4.79 Å². The number of rotatable bonds is 5.